The van der Waals surface area contributed by atoms with Crippen molar-refractivity contribution in [1.82, 2.24) is 4.90 Å². The zero-order chi connectivity index (χ0) is 17.6. The predicted molar refractivity (Wildman–Crippen MR) is 101 cm³/mol. The Labute approximate surface area is 156 Å². The van der Waals surface area contributed by atoms with Crippen molar-refractivity contribution in [2.45, 2.75) is 32.4 Å². The predicted octanol–water partition coefficient (Wildman–Crippen LogP) is 4.42. The van der Waals surface area contributed by atoms with Crippen molar-refractivity contribution < 1.29 is 14.3 Å². The molecule has 5 heteroatoms. The van der Waals surface area contributed by atoms with Gasteiger partial charge in [0.25, 0.3) is 5.91 Å². The van der Waals surface area contributed by atoms with Gasteiger partial charge in [-0.15, -0.1) is 0 Å². The molecule has 1 saturated carbocycles. The molecule has 1 aliphatic carbocycles. The van der Waals surface area contributed by atoms with Crippen LogP contribution in [-0.2, 0) is 11.3 Å². The molecule has 2 aromatic carbocycles. The van der Waals surface area contributed by atoms with Crippen LogP contribution in [0.3, 0.4) is 0 Å². The van der Waals surface area contributed by atoms with Gasteiger partial charge in [-0.2, -0.15) is 0 Å². The number of carbonyl (C=O) groups excluding carboxylic acids is 1. The molecule has 0 N–H and O–H groups in total. The summed E-state index contributed by atoms with van der Waals surface area (Å²) >= 11 is 3.48. The fourth-order valence-corrected chi connectivity index (χ4v) is 3.15. The van der Waals surface area contributed by atoms with Crippen molar-refractivity contribution in [3.05, 3.63) is 58.6 Å². The Morgan fingerprint density at radius 1 is 1.12 bits per heavy atom. The van der Waals surface area contributed by atoms with Crippen LogP contribution in [0.15, 0.2) is 53.0 Å². The molecule has 0 unspecified atom stereocenters. The van der Waals surface area contributed by atoms with E-state index in [-0.39, 0.29) is 12.5 Å². The molecule has 0 aliphatic heterocycles. The van der Waals surface area contributed by atoms with Crippen LogP contribution in [0.5, 0.6) is 11.5 Å². The van der Waals surface area contributed by atoms with Crippen molar-refractivity contribution in [3.63, 3.8) is 0 Å². The number of amides is 1. The van der Waals surface area contributed by atoms with E-state index in [0.29, 0.717) is 30.7 Å². The number of carbonyl (C=O) groups is 1. The molecule has 0 bridgehead atoms. The van der Waals surface area contributed by atoms with E-state index in [1.807, 2.05) is 60.4 Å². The number of nitrogens with zero attached hydrogens (tertiary/aromatic N) is 1. The van der Waals surface area contributed by atoms with Gasteiger partial charge in [0, 0.05) is 17.1 Å². The van der Waals surface area contributed by atoms with Crippen LogP contribution in [0, 0.1) is 0 Å². The molecule has 25 heavy (non-hydrogen) atoms. The Balaban J connectivity index is 1.64. The standard InChI is InChI=1S/C20H22BrNO3/c1-2-24-18-8-3-4-9-19(18)25-14-20(23)22(17-10-11-17)13-15-6-5-7-16(21)12-15/h3-9,12,17H,2,10-11,13-14H2,1H3. The SMILES string of the molecule is CCOc1ccccc1OCC(=O)N(Cc1cccc(Br)c1)C1CC1. The highest BCUT2D eigenvalue weighted by Gasteiger charge is 2.32. The molecule has 2 aromatic rings. The highest BCUT2D eigenvalue weighted by molar-refractivity contribution is 9.10. The molecule has 0 aromatic heterocycles. The molecule has 0 spiro atoms. The first-order valence-corrected chi connectivity index (χ1v) is 9.35. The first-order chi connectivity index (χ1) is 12.2. The molecule has 132 valence electrons. The maximum Gasteiger partial charge on any atom is 0.261 e. The van der Waals surface area contributed by atoms with Crippen LogP contribution >= 0.6 is 15.9 Å². The summed E-state index contributed by atoms with van der Waals surface area (Å²) < 4.78 is 12.3. The van der Waals surface area contributed by atoms with Crippen molar-refractivity contribution >= 4 is 21.8 Å². The molecule has 0 heterocycles. The molecule has 3 rings (SSSR count). The van der Waals surface area contributed by atoms with Crippen LogP contribution in [0.1, 0.15) is 25.3 Å². The maximum atomic E-state index is 12.7. The number of hydrogen-bond donors (Lipinski definition) is 0. The third-order valence-corrected chi connectivity index (χ3v) is 4.54. The average molecular weight is 404 g/mol. The third-order valence-electron chi connectivity index (χ3n) is 4.05. The molecule has 1 aliphatic rings. The molecular weight excluding hydrogens is 382 g/mol. The first-order valence-electron chi connectivity index (χ1n) is 8.56. The lowest BCUT2D eigenvalue weighted by Gasteiger charge is -2.23. The van der Waals surface area contributed by atoms with E-state index in [2.05, 4.69) is 15.9 Å². The molecular formula is C20H22BrNO3. The van der Waals surface area contributed by atoms with Crippen molar-refractivity contribution in [2.75, 3.05) is 13.2 Å². The van der Waals surface area contributed by atoms with Gasteiger partial charge in [-0.25, -0.2) is 0 Å². The fourth-order valence-electron chi connectivity index (χ4n) is 2.71. The van der Waals surface area contributed by atoms with Gasteiger partial charge in [0.1, 0.15) is 0 Å². The molecule has 0 radical (unpaired) electrons. The van der Waals surface area contributed by atoms with Crippen molar-refractivity contribution in [3.8, 4) is 11.5 Å². The van der Waals surface area contributed by atoms with Crippen LogP contribution in [-0.4, -0.2) is 30.1 Å². The Morgan fingerprint density at radius 2 is 1.84 bits per heavy atom. The number of rotatable bonds is 8. The summed E-state index contributed by atoms with van der Waals surface area (Å²) in [7, 11) is 0. The highest BCUT2D eigenvalue weighted by Crippen LogP contribution is 2.30. The van der Waals surface area contributed by atoms with Gasteiger partial charge in [-0.1, -0.05) is 40.2 Å². The quantitative estimate of drug-likeness (QED) is 0.654. The maximum absolute atomic E-state index is 12.7. The number of para-hydroxylation sites is 2. The first kappa shape index (κ1) is 17.8. The number of ether oxygens (including phenoxy) is 2. The highest BCUT2D eigenvalue weighted by atomic mass is 79.9. The van der Waals surface area contributed by atoms with Gasteiger partial charge >= 0.3 is 0 Å². The van der Waals surface area contributed by atoms with E-state index in [1.165, 1.54) is 0 Å². The van der Waals surface area contributed by atoms with E-state index >= 15 is 0 Å². The summed E-state index contributed by atoms with van der Waals surface area (Å²) in [4.78, 5) is 14.6. The average Bonchev–Trinajstić information content (AvgIpc) is 3.44. The second kappa shape index (κ2) is 8.39. The van der Waals surface area contributed by atoms with Gasteiger partial charge < -0.3 is 14.4 Å². The van der Waals surface area contributed by atoms with Gasteiger partial charge in [0.15, 0.2) is 18.1 Å². The summed E-state index contributed by atoms with van der Waals surface area (Å²) in [5, 5.41) is 0. The summed E-state index contributed by atoms with van der Waals surface area (Å²) in [6.07, 6.45) is 2.13. The van der Waals surface area contributed by atoms with E-state index in [0.717, 1.165) is 22.9 Å². The number of halogens is 1. The fraction of sp³-hybridized carbons (Fsp3) is 0.350. The summed E-state index contributed by atoms with van der Waals surface area (Å²) in [6, 6.07) is 15.8. The van der Waals surface area contributed by atoms with E-state index in [1.54, 1.807) is 0 Å². The Hall–Kier alpha value is -2.01. The Morgan fingerprint density at radius 3 is 2.48 bits per heavy atom. The molecule has 0 atom stereocenters. The lowest BCUT2D eigenvalue weighted by atomic mass is 10.2. The van der Waals surface area contributed by atoms with Crippen LogP contribution in [0.2, 0.25) is 0 Å². The molecule has 1 fully saturated rings. The smallest absolute Gasteiger partial charge is 0.261 e. The van der Waals surface area contributed by atoms with Crippen LogP contribution in [0.4, 0.5) is 0 Å². The Kier molecular flexibility index (Phi) is 5.97. The van der Waals surface area contributed by atoms with Crippen LogP contribution < -0.4 is 9.47 Å². The number of hydrogen-bond acceptors (Lipinski definition) is 3. The molecule has 0 saturated heterocycles. The van der Waals surface area contributed by atoms with Gasteiger partial charge in [0.05, 0.1) is 6.61 Å². The lowest BCUT2D eigenvalue weighted by Crippen LogP contribution is -2.36. The largest absolute Gasteiger partial charge is 0.490 e. The topological polar surface area (TPSA) is 38.8 Å². The molecule has 1 amide bonds. The minimum atomic E-state index is 0.00813. The Bertz CT molecular complexity index is 730. The van der Waals surface area contributed by atoms with Gasteiger partial charge in [-0.05, 0) is 49.6 Å². The zero-order valence-corrected chi connectivity index (χ0v) is 15.9. The van der Waals surface area contributed by atoms with Gasteiger partial charge in [-0.3, -0.25) is 4.79 Å². The van der Waals surface area contributed by atoms with Crippen molar-refractivity contribution in [2.24, 2.45) is 0 Å². The minimum Gasteiger partial charge on any atom is -0.490 e. The summed E-state index contributed by atoms with van der Waals surface area (Å²) in [5.41, 5.74) is 1.12. The summed E-state index contributed by atoms with van der Waals surface area (Å²) in [6.45, 7) is 3.12. The minimum absolute atomic E-state index is 0.00813. The van der Waals surface area contributed by atoms with Gasteiger partial charge in [0.2, 0.25) is 0 Å². The molecule has 4 nitrogen and oxygen atoms in total. The summed E-state index contributed by atoms with van der Waals surface area (Å²) in [5.74, 6) is 1.28. The van der Waals surface area contributed by atoms with Crippen LogP contribution in [0.25, 0.3) is 0 Å². The van der Waals surface area contributed by atoms with E-state index < -0.39 is 0 Å². The second-order valence-electron chi connectivity index (χ2n) is 6.05. The van der Waals surface area contributed by atoms with Crippen molar-refractivity contribution in [1.29, 1.82) is 0 Å². The lowest BCUT2D eigenvalue weighted by molar-refractivity contribution is -0.134. The monoisotopic (exact) mass is 403 g/mol. The second-order valence-corrected chi connectivity index (χ2v) is 6.97. The van der Waals surface area contributed by atoms with E-state index in [4.69, 9.17) is 9.47 Å². The zero-order valence-electron chi connectivity index (χ0n) is 14.3. The van der Waals surface area contributed by atoms with E-state index in [9.17, 15) is 4.79 Å². The normalized spacial score (nSPS) is 13.4. The number of benzene rings is 2. The third kappa shape index (κ3) is 4.98.